The molecule has 0 spiro atoms. The van der Waals surface area contributed by atoms with Crippen LogP contribution in [0.3, 0.4) is 0 Å². The average Bonchev–Trinajstić information content (AvgIpc) is 2.89. The second kappa shape index (κ2) is 12.1. The lowest BCUT2D eigenvalue weighted by Gasteiger charge is -2.33. The molecule has 0 aliphatic carbocycles. The van der Waals surface area contributed by atoms with Gasteiger partial charge in [-0.05, 0) is 94.0 Å². The molecule has 4 rings (SSSR count). The number of pyridine rings is 1. The SMILES string of the molecule is COC(=O)c1cc(CC2CCN(C(=O)OC(C)(C)C)CC2)cnc1Oc1ccc(Oc2cccc(F)c2)cc1. The predicted octanol–water partition coefficient (Wildman–Crippen LogP) is 6.78. The van der Waals surface area contributed by atoms with Crippen molar-refractivity contribution in [3.8, 4) is 23.1 Å². The van der Waals surface area contributed by atoms with Gasteiger partial charge < -0.3 is 23.8 Å². The number of rotatable bonds is 7. The molecular formula is C30H33FN2O6. The van der Waals surface area contributed by atoms with Crippen molar-refractivity contribution in [2.75, 3.05) is 20.2 Å². The first-order valence-electron chi connectivity index (χ1n) is 12.9. The number of halogens is 1. The number of likely N-dealkylation sites (tertiary alicyclic amines) is 1. The van der Waals surface area contributed by atoms with E-state index in [1.807, 2.05) is 20.8 Å². The third kappa shape index (κ3) is 7.92. The van der Waals surface area contributed by atoms with Crippen LogP contribution in [0.5, 0.6) is 23.1 Å². The molecular weight excluding hydrogens is 503 g/mol. The first-order chi connectivity index (χ1) is 18.6. The van der Waals surface area contributed by atoms with E-state index in [0.717, 1.165) is 18.4 Å². The third-order valence-electron chi connectivity index (χ3n) is 6.17. The maximum absolute atomic E-state index is 13.4. The Labute approximate surface area is 227 Å². The molecule has 2 heterocycles. The van der Waals surface area contributed by atoms with Gasteiger partial charge in [-0.1, -0.05) is 6.07 Å². The fourth-order valence-corrected chi connectivity index (χ4v) is 4.28. The van der Waals surface area contributed by atoms with Crippen molar-refractivity contribution in [1.82, 2.24) is 9.88 Å². The molecule has 1 amide bonds. The van der Waals surface area contributed by atoms with Gasteiger partial charge in [-0.15, -0.1) is 0 Å². The topological polar surface area (TPSA) is 87.2 Å². The molecule has 3 aromatic rings. The fourth-order valence-electron chi connectivity index (χ4n) is 4.28. The van der Waals surface area contributed by atoms with E-state index in [1.54, 1.807) is 53.6 Å². The number of carbonyl (C=O) groups is 2. The zero-order valence-electron chi connectivity index (χ0n) is 22.6. The standard InChI is InChI=1S/C30H33FN2O6/c1-30(2,3)39-29(35)33-14-12-20(13-15-33)16-21-17-26(28(34)36-4)27(32-19-21)38-24-10-8-23(9-11-24)37-25-7-5-6-22(31)18-25/h5-11,17-20H,12-16H2,1-4H3. The summed E-state index contributed by atoms with van der Waals surface area (Å²) in [5.41, 5.74) is 0.588. The van der Waals surface area contributed by atoms with Crippen molar-refractivity contribution in [2.24, 2.45) is 5.92 Å². The van der Waals surface area contributed by atoms with Crippen molar-refractivity contribution < 1.29 is 32.9 Å². The molecule has 0 saturated carbocycles. The van der Waals surface area contributed by atoms with Gasteiger partial charge in [0, 0.05) is 25.4 Å². The molecule has 0 bridgehead atoms. The number of hydrogen-bond donors (Lipinski definition) is 0. The summed E-state index contributed by atoms with van der Waals surface area (Å²) in [7, 11) is 1.31. The zero-order chi connectivity index (χ0) is 28.0. The number of amides is 1. The van der Waals surface area contributed by atoms with Crippen LogP contribution in [0.1, 0.15) is 49.5 Å². The van der Waals surface area contributed by atoms with Crippen LogP contribution in [0, 0.1) is 11.7 Å². The van der Waals surface area contributed by atoms with E-state index >= 15 is 0 Å². The van der Waals surface area contributed by atoms with Gasteiger partial charge in [-0.3, -0.25) is 0 Å². The van der Waals surface area contributed by atoms with E-state index in [4.69, 9.17) is 18.9 Å². The Morgan fingerprint density at radius 2 is 1.64 bits per heavy atom. The Kier molecular flexibility index (Phi) is 8.69. The minimum absolute atomic E-state index is 0.129. The lowest BCUT2D eigenvalue weighted by Crippen LogP contribution is -2.42. The summed E-state index contributed by atoms with van der Waals surface area (Å²) in [6.07, 6.45) is 3.78. The third-order valence-corrected chi connectivity index (χ3v) is 6.17. The molecule has 8 nitrogen and oxygen atoms in total. The monoisotopic (exact) mass is 536 g/mol. The summed E-state index contributed by atoms with van der Waals surface area (Å²) >= 11 is 0. The Hall–Kier alpha value is -4.14. The maximum atomic E-state index is 13.4. The molecule has 206 valence electrons. The van der Waals surface area contributed by atoms with Gasteiger partial charge in [-0.2, -0.15) is 0 Å². The molecule has 1 saturated heterocycles. The van der Waals surface area contributed by atoms with E-state index in [1.165, 1.54) is 19.2 Å². The van der Waals surface area contributed by atoms with Crippen molar-refractivity contribution >= 4 is 12.1 Å². The van der Waals surface area contributed by atoms with Gasteiger partial charge in [-0.25, -0.2) is 19.0 Å². The number of benzene rings is 2. The molecule has 1 fully saturated rings. The van der Waals surface area contributed by atoms with Crippen molar-refractivity contribution in [3.63, 3.8) is 0 Å². The van der Waals surface area contributed by atoms with Crippen molar-refractivity contribution in [3.05, 3.63) is 77.7 Å². The van der Waals surface area contributed by atoms with Gasteiger partial charge in [0.05, 0.1) is 7.11 Å². The Morgan fingerprint density at radius 3 is 2.26 bits per heavy atom. The van der Waals surface area contributed by atoms with E-state index in [0.29, 0.717) is 42.7 Å². The molecule has 1 aliphatic heterocycles. The average molecular weight is 537 g/mol. The highest BCUT2D eigenvalue weighted by Crippen LogP contribution is 2.30. The number of hydrogen-bond acceptors (Lipinski definition) is 7. The molecule has 0 unspecified atom stereocenters. The maximum Gasteiger partial charge on any atom is 0.410 e. The number of carbonyl (C=O) groups excluding carboxylic acids is 2. The summed E-state index contributed by atoms with van der Waals surface area (Å²) in [4.78, 5) is 31.0. The summed E-state index contributed by atoms with van der Waals surface area (Å²) in [6, 6.07) is 14.3. The Morgan fingerprint density at radius 1 is 0.974 bits per heavy atom. The van der Waals surface area contributed by atoms with Crippen LogP contribution < -0.4 is 9.47 Å². The van der Waals surface area contributed by atoms with E-state index in [9.17, 15) is 14.0 Å². The first kappa shape index (κ1) is 27.9. The number of ether oxygens (including phenoxy) is 4. The van der Waals surface area contributed by atoms with Crippen LogP contribution in [0.25, 0.3) is 0 Å². The van der Waals surface area contributed by atoms with Gasteiger partial charge in [0.2, 0.25) is 5.88 Å². The lowest BCUT2D eigenvalue weighted by molar-refractivity contribution is 0.0184. The van der Waals surface area contributed by atoms with Gasteiger partial charge in [0.15, 0.2) is 0 Å². The van der Waals surface area contributed by atoms with Crippen molar-refractivity contribution in [1.29, 1.82) is 0 Å². The zero-order valence-corrected chi connectivity index (χ0v) is 22.6. The van der Waals surface area contributed by atoms with Crippen molar-refractivity contribution in [2.45, 2.75) is 45.6 Å². The summed E-state index contributed by atoms with van der Waals surface area (Å²) in [6.45, 7) is 6.81. The fraction of sp³-hybridized carbons (Fsp3) is 0.367. The number of nitrogens with zero attached hydrogens (tertiary/aromatic N) is 2. The molecule has 2 aromatic carbocycles. The van der Waals surface area contributed by atoms with Crippen LogP contribution in [0.2, 0.25) is 0 Å². The second-order valence-corrected chi connectivity index (χ2v) is 10.4. The van der Waals surface area contributed by atoms with Crippen LogP contribution in [-0.4, -0.2) is 47.7 Å². The Bertz CT molecular complexity index is 1300. The van der Waals surface area contributed by atoms with Gasteiger partial charge in [0.25, 0.3) is 0 Å². The second-order valence-electron chi connectivity index (χ2n) is 10.4. The quantitative estimate of drug-likeness (QED) is 0.308. The highest BCUT2D eigenvalue weighted by atomic mass is 19.1. The van der Waals surface area contributed by atoms with Crippen LogP contribution in [0.15, 0.2) is 60.8 Å². The molecule has 9 heteroatoms. The summed E-state index contributed by atoms with van der Waals surface area (Å²) in [5.74, 6) is 0.861. The molecule has 0 atom stereocenters. The number of aromatic nitrogens is 1. The Balaban J connectivity index is 1.39. The molecule has 0 N–H and O–H groups in total. The van der Waals surface area contributed by atoms with E-state index in [2.05, 4.69) is 4.98 Å². The van der Waals surface area contributed by atoms with Gasteiger partial charge >= 0.3 is 12.1 Å². The highest BCUT2D eigenvalue weighted by Gasteiger charge is 2.27. The number of methoxy groups -OCH3 is 1. The lowest BCUT2D eigenvalue weighted by atomic mass is 9.90. The highest BCUT2D eigenvalue weighted by molar-refractivity contribution is 5.92. The van der Waals surface area contributed by atoms with Crippen LogP contribution >= 0.6 is 0 Å². The van der Waals surface area contributed by atoms with Crippen LogP contribution in [0.4, 0.5) is 9.18 Å². The van der Waals surface area contributed by atoms with Crippen LogP contribution in [-0.2, 0) is 15.9 Å². The normalized spacial score (nSPS) is 14.0. The van der Waals surface area contributed by atoms with Gasteiger partial charge in [0.1, 0.15) is 34.2 Å². The smallest absolute Gasteiger partial charge is 0.410 e. The minimum atomic E-state index is -0.551. The summed E-state index contributed by atoms with van der Waals surface area (Å²) in [5, 5.41) is 0. The summed E-state index contributed by atoms with van der Waals surface area (Å²) < 4.78 is 35.4. The largest absolute Gasteiger partial charge is 0.465 e. The molecule has 39 heavy (non-hydrogen) atoms. The molecule has 0 radical (unpaired) electrons. The number of piperidine rings is 1. The molecule has 1 aliphatic rings. The van der Waals surface area contributed by atoms with E-state index in [-0.39, 0.29) is 23.4 Å². The van der Waals surface area contributed by atoms with E-state index < -0.39 is 11.6 Å². The molecule has 1 aromatic heterocycles. The first-order valence-corrected chi connectivity index (χ1v) is 12.9. The predicted molar refractivity (Wildman–Crippen MR) is 143 cm³/mol. The number of esters is 1. The minimum Gasteiger partial charge on any atom is -0.465 e.